The quantitative estimate of drug-likeness (QED) is 0.786. The molecular formula is C21H30N2O3. The Bertz CT molecular complexity index is 617. The maximum Gasteiger partial charge on any atom is 0.227 e. The molecule has 1 saturated heterocycles. The van der Waals surface area contributed by atoms with Crippen molar-refractivity contribution >= 4 is 11.8 Å². The number of rotatable bonds is 6. The highest BCUT2D eigenvalue weighted by molar-refractivity contribution is 5.80. The number of methoxy groups -OCH3 is 1. The molecule has 5 nitrogen and oxygen atoms in total. The molecule has 0 bridgehead atoms. The zero-order valence-corrected chi connectivity index (χ0v) is 15.8. The summed E-state index contributed by atoms with van der Waals surface area (Å²) in [6.45, 7) is 2.59. The van der Waals surface area contributed by atoms with Crippen LogP contribution < -0.4 is 4.74 Å². The summed E-state index contributed by atoms with van der Waals surface area (Å²) >= 11 is 0. The molecule has 1 aliphatic heterocycles. The Kier molecular flexibility index (Phi) is 6.53. The first kappa shape index (κ1) is 18.7. The van der Waals surface area contributed by atoms with E-state index in [0.717, 1.165) is 23.7 Å². The zero-order chi connectivity index (χ0) is 18.4. The normalized spacial score (nSPS) is 18.2. The summed E-state index contributed by atoms with van der Waals surface area (Å²) in [5.74, 6) is 1.91. The van der Waals surface area contributed by atoms with Crippen LogP contribution in [0.1, 0.15) is 44.1 Å². The minimum atomic E-state index is 0.122. The Labute approximate surface area is 156 Å². The number of piperazine rings is 1. The van der Waals surface area contributed by atoms with E-state index in [1.165, 1.54) is 25.7 Å². The lowest BCUT2D eigenvalue weighted by Crippen LogP contribution is -2.51. The fourth-order valence-corrected chi connectivity index (χ4v) is 4.06. The van der Waals surface area contributed by atoms with Crippen molar-refractivity contribution in [1.82, 2.24) is 9.80 Å². The molecule has 1 heterocycles. The van der Waals surface area contributed by atoms with Crippen molar-refractivity contribution in [2.45, 2.75) is 44.9 Å². The second-order valence-electron chi connectivity index (χ2n) is 7.48. The monoisotopic (exact) mass is 358 g/mol. The predicted molar refractivity (Wildman–Crippen MR) is 101 cm³/mol. The number of carbonyl (C=O) groups is 2. The third-order valence-electron chi connectivity index (χ3n) is 5.72. The smallest absolute Gasteiger partial charge is 0.227 e. The number of nitrogens with zero attached hydrogens (tertiary/aromatic N) is 2. The number of benzene rings is 1. The summed E-state index contributed by atoms with van der Waals surface area (Å²) in [6, 6.07) is 7.64. The topological polar surface area (TPSA) is 49.9 Å². The maximum absolute atomic E-state index is 12.5. The zero-order valence-electron chi connectivity index (χ0n) is 15.8. The molecule has 1 aliphatic carbocycles. The average molecular weight is 358 g/mol. The summed E-state index contributed by atoms with van der Waals surface area (Å²) in [6.07, 6.45) is 7.32. The second kappa shape index (κ2) is 9.06. The van der Waals surface area contributed by atoms with Crippen LogP contribution in [0.2, 0.25) is 0 Å². The summed E-state index contributed by atoms with van der Waals surface area (Å²) < 4.78 is 5.21. The minimum absolute atomic E-state index is 0.122. The highest BCUT2D eigenvalue weighted by atomic mass is 16.5. The largest absolute Gasteiger partial charge is 0.497 e. The summed E-state index contributed by atoms with van der Waals surface area (Å²) in [4.78, 5) is 28.7. The third-order valence-corrected chi connectivity index (χ3v) is 5.72. The fraction of sp³-hybridized carbons (Fsp3) is 0.619. The Morgan fingerprint density at radius 3 is 2.35 bits per heavy atom. The highest BCUT2D eigenvalue weighted by Crippen LogP contribution is 2.28. The van der Waals surface area contributed by atoms with Gasteiger partial charge in [0, 0.05) is 32.6 Å². The van der Waals surface area contributed by atoms with Crippen molar-refractivity contribution in [3.8, 4) is 5.75 Å². The van der Waals surface area contributed by atoms with Crippen LogP contribution in [0.15, 0.2) is 24.3 Å². The van der Waals surface area contributed by atoms with Crippen molar-refractivity contribution < 1.29 is 14.3 Å². The van der Waals surface area contributed by atoms with E-state index in [2.05, 4.69) is 0 Å². The van der Waals surface area contributed by atoms with Crippen LogP contribution >= 0.6 is 0 Å². The second-order valence-corrected chi connectivity index (χ2v) is 7.48. The van der Waals surface area contributed by atoms with Gasteiger partial charge in [-0.2, -0.15) is 0 Å². The van der Waals surface area contributed by atoms with Crippen molar-refractivity contribution in [1.29, 1.82) is 0 Å². The van der Waals surface area contributed by atoms with Crippen molar-refractivity contribution in [3.63, 3.8) is 0 Å². The first-order valence-electron chi connectivity index (χ1n) is 9.84. The number of hydrogen-bond acceptors (Lipinski definition) is 3. The predicted octanol–water partition coefficient (Wildman–Crippen LogP) is 2.88. The third kappa shape index (κ3) is 4.99. The van der Waals surface area contributed by atoms with Crippen molar-refractivity contribution in [3.05, 3.63) is 29.8 Å². The SMILES string of the molecule is COc1cccc(CC(=O)N2CCN(C(=O)CCC3CCCC3)CC2)c1. The first-order valence-corrected chi connectivity index (χ1v) is 9.84. The molecule has 3 rings (SSSR count). The maximum atomic E-state index is 12.5. The molecule has 0 radical (unpaired) electrons. The average Bonchev–Trinajstić information content (AvgIpc) is 3.20. The van der Waals surface area contributed by atoms with Gasteiger partial charge in [-0.1, -0.05) is 37.8 Å². The number of carbonyl (C=O) groups excluding carboxylic acids is 2. The van der Waals surface area contributed by atoms with Crippen molar-refractivity contribution in [2.75, 3.05) is 33.3 Å². The lowest BCUT2D eigenvalue weighted by atomic mass is 10.0. The molecule has 142 valence electrons. The standard InChI is InChI=1S/C21H30N2O3/c1-26-19-8-4-7-18(15-19)16-21(25)23-13-11-22(12-14-23)20(24)10-9-17-5-2-3-6-17/h4,7-8,15,17H,2-3,5-6,9-14,16H2,1H3. The molecule has 26 heavy (non-hydrogen) atoms. The Morgan fingerprint density at radius 1 is 1.04 bits per heavy atom. The van der Waals surface area contributed by atoms with E-state index in [4.69, 9.17) is 4.74 Å². The summed E-state index contributed by atoms with van der Waals surface area (Å²) in [5.41, 5.74) is 0.962. The van der Waals surface area contributed by atoms with E-state index in [-0.39, 0.29) is 11.8 Å². The minimum Gasteiger partial charge on any atom is -0.497 e. The lowest BCUT2D eigenvalue weighted by molar-refractivity contribution is -0.139. The molecule has 2 aliphatic rings. The van der Waals surface area contributed by atoms with Gasteiger partial charge in [0.1, 0.15) is 5.75 Å². The molecule has 1 aromatic carbocycles. The molecule has 1 aromatic rings. The van der Waals surface area contributed by atoms with E-state index in [0.29, 0.717) is 39.0 Å². The molecule has 0 atom stereocenters. The highest BCUT2D eigenvalue weighted by Gasteiger charge is 2.25. The molecule has 2 amide bonds. The van der Waals surface area contributed by atoms with E-state index in [9.17, 15) is 9.59 Å². The van der Waals surface area contributed by atoms with Crippen LogP contribution in [0, 0.1) is 5.92 Å². The van der Waals surface area contributed by atoms with E-state index in [1.54, 1.807) is 7.11 Å². The van der Waals surface area contributed by atoms with E-state index >= 15 is 0 Å². The van der Waals surface area contributed by atoms with E-state index < -0.39 is 0 Å². The van der Waals surface area contributed by atoms with Crippen LogP contribution in [0.25, 0.3) is 0 Å². The first-order chi connectivity index (χ1) is 12.7. The molecule has 1 saturated carbocycles. The molecule has 0 unspecified atom stereocenters. The van der Waals surface area contributed by atoms with Crippen LogP contribution in [-0.4, -0.2) is 54.9 Å². The van der Waals surface area contributed by atoms with Gasteiger partial charge in [-0.15, -0.1) is 0 Å². The molecule has 2 fully saturated rings. The summed E-state index contributed by atoms with van der Waals surface area (Å²) in [5, 5.41) is 0. The van der Waals surface area contributed by atoms with Gasteiger partial charge < -0.3 is 14.5 Å². The van der Waals surface area contributed by atoms with Gasteiger partial charge >= 0.3 is 0 Å². The molecule has 5 heteroatoms. The Balaban J connectivity index is 1.42. The number of hydrogen-bond donors (Lipinski definition) is 0. The van der Waals surface area contributed by atoms with Gasteiger partial charge in [0.2, 0.25) is 11.8 Å². The van der Waals surface area contributed by atoms with Gasteiger partial charge in [-0.25, -0.2) is 0 Å². The van der Waals surface area contributed by atoms with Gasteiger partial charge in [-0.3, -0.25) is 9.59 Å². The lowest BCUT2D eigenvalue weighted by Gasteiger charge is -2.35. The molecule has 0 aromatic heterocycles. The summed E-state index contributed by atoms with van der Waals surface area (Å²) in [7, 11) is 1.63. The molecule has 0 spiro atoms. The van der Waals surface area contributed by atoms with Crippen LogP contribution in [-0.2, 0) is 16.0 Å². The molecular weight excluding hydrogens is 328 g/mol. The van der Waals surface area contributed by atoms with Gasteiger partial charge in [0.05, 0.1) is 13.5 Å². The molecule has 0 N–H and O–H groups in total. The van der Waals surface area contributed by atoms with Crippen LogP contribution in [0.3, 0.4) is 0 Å². The Hall–Kier alpha value is -2.04. The van der Waals surface area contributed by atoms with Crippen LogP contribution in [0.4, 0.5) is 0 Å². The number of ether oxygens (including phenoxy) is 1. The Morgan fingerprint density at radius 2 is 1.69 bits per heavy atom. The van der Waals surface area contributed by atoms with Crippen LogP contribution in [0.5, 0.6) is 5.75 Å². The fourth-order valence-electron chi connectivity index (χ4n) is 4.06. The van der Waals surface area contributed by atoms with Gasteiger partial charge in [0.25, 0.3) is 0 Å². The van der Waals surface area contributed by atoms with Gasteiger partial charge in [-0.05, 0) is 30.0 Å². The van der Waals surface area contributed by atoms with E-state index in [1.807, 2.05) is 34.1 Å². The number of amides is 2. The van der Waals surface area contributed by atoms with Gasteiger partial charge in [0.15, 0.2) is 0 Å². The van der Waals surface area contributed by atoms with Crippen molar-refractivity contribution in [2.24, 2.45) is 5.92 Å².